The molecule has 0 atom stereocenters. The second-order valence-corrected chi connectivity index (χ2v) is 6.32. The largest absolute Gasteiger partial charge is 0.347 e. The second-order valence-electron chi connectivity index (χ2n) is 5.41. The molecule has 2 heterocycles. The van der Waals surface area contributed by atoms with Crippen LogP contribution in [0.25, 0.3) is 10.9 Å². The number of aryl methyl sites for hydroxylation is 1. The molecule has 1 saturated heterocycles. The summed E-state index contributed by atoms with van der Waals surface area (Å²) in [5.74, 6) is 0.720. The van der Waals surface area contributed by atoms with Crippen molar-refractivity contribution in [3.8, 4) is 0 Å². The van der Waals surface area contributed by atoms with E-state index < -0.39 is 0 Å². The maximum absolute atomic E-state index is 3.56. The molecule has 0 amide bonds. The van der Waals surface area contributed by atoms with E-state index in [1.54, 1.807) is 0 Å². The Hall–Kier alpha value is -0.800. The van der Waals surface area contributed by atoms with Crippen LogP contribution in [0, 0.1) is 0 Å². The number of piperidine rings is 1. The lowest BCUT2D eigenvalue weighted by molar-refractivity contribution is 0.252. The van der Waals surface area contributed by atoms with Crippen molar-refractivity contribution in [2.75, 3.05) is 20.1 Å². The fourth-order valence-electron chi connectivity index (χ4n) is 3.02. The van der Waals surface area contributed by atoms with E-state index in [9.17, 15) is 0 Å². The highest BCUT2D eigenvalue weighted by atomic mass is 79.9. The van der Waals surface area contributed by atoms with Crippen LogP contribution in [0.2, 0.25) is 0 Å². The maximum Gasteiger partial charge on any atom is 0.0491 e. The van der Waals surface area contributed by atoms with Gasteiger partial charge in [0, 0.05) is 28.6 Å². The van der Waals surface area contributed by atoms with E-state index in [1.165, 1.54) is 42.5 Å². The molecule has 2 nitrogen and oxygen atoms in total. The number of rotatable bonds is 1. The monoisotopic (exact) mass is 306 g/mol. The van der Waals surface area contributed by atoms with Gasteiger partial charge in [-0.15, -0.1) is 0 Å². The number of halogens is 1. The van der Waals surface area contributed by atoms with Crippen LogP contribution >= 0.6 is 15.9 Å². The van der Waals surface area contributed by atoms with E-state index in [4.69, 9.17) is 0 Å². The Morgan fingerprint density at radius 2 is 1.83 bits per heavy atom. The van der Waals surface area contributed by atoms with Crippen molar-refractivity contribution in [2.45, 2.75) is 18.8 Å². The highest BCUT2D eigenvalue weighted by Crippen LogP contribution is 2.32. The summed E-state index contributed by atoms with van der Waals surface area (Å²) < 4.78 is 3.53. The molecule has 0 aliphatic carbocycles. The molecule has 3 heteroatoms. The van der Waals surface area contributed by atoms with Crippen molar-refractivity contribution in [1.82, 2.24) is 9.47 Å². The Kier molecular flexibility index (Phi) is 3.20. The molecule has 1 fully saturated rings. The van der Waals surface area contributed by atoms with Gasteiger partial charge in [-0.2, -0.15) is 0 Å². The second kappa shape index (κ2) is 4.71. The SMILES string of the molecule is CN1CCC(c2cc3ccc(Br)cc3n2C)CC1. The van der Waals surface area contributed by atoms with E-state index in [1.807, 2.05) is 0 Å². The van der Waals surface area contributed by atoms with Gasteiger partial charge in [0.25, 0.3) is 0 Å². The molecule has 0 bridgehead atoms. The average molecular weight is 307 g/mol. The van der Waals surface area contributed by atoms with Gasteiger partial charge in [0.1, 0.15) is 0 Å². The topological polar surface area (TPSA) is 8.17 Å². The third-order valence-corrected chi connectivity index (χ3v) is 4.67. The zero-order chi connectivity index (χ0) is 12.7. The van der Waals surface area contributed by atoms with E-state index >= 15 is 0 Å². The lowest BCUT2D eigenvalue weighted by Crippen LogP contribution is -2.29. The summed E-state index contributed by atoms with van der Waals surface area (Å²) in [5, 5.41) is 1.36. The van der Waals surface area contributed by atoms with Gasteiger partial charge < -0.3 is 9.47 Å². The number of fused-ring (bicyclic) bond motifs is 1. The first-order chi connectivity index (χ1) is 8.65. The molecule has 1 aromatic carbocycles. The average Bonchev–Trinajstić information content (AvgIpc) is 2.68. The van der Waals surface area contributed by atoms with E-state index in [0.717, 1.165) is 10.4 Å². The summed E-state index contributed by atoms with van der Waals surface area (Å²) in [6.07, 6.45) is 2.56. The van der Waals surface area contributed by atoms with Gasteiger partial charge in [0.2, 0.25) is 0 Å². The first-order valence-corrected chi connectivity index (χ1v) is 7.38. The molecule has 0 spiro atoms. The van der Waals surface area contributed by atoms with E-state index in [2.05, 4.69) is 63.8 Å². The summed E-state index contributed by atoms with van der Waals surface area (Å²) in [6.45, 7) is 2.44. The third-order valence-electron chi connectivity index (χ3n) is 4.18. The Bertz CT molecular complexity index is 565. The molecule has 96 valence electrons. The van der Waals surface area contributed by atoms with Gasteiger partial charge in [-0.1, -0.05) is 22.0 Å². The van der Waals surface area contributed by atoms with Gasteiger partial charge in [-0.25, -0.2) is 0 Å². The lowest BCUT2D eigenvalue weighted by atomic mass is 9.93. The first-order valence-electron chi connectivity index (χ1n) is 6.58. The molecule has 0 unspecified atom stereocenters. The minimum Gasteiger partial charge on any atom is -0.347 e. The van der Waals surface area contributed by atoms with Crippen LogP contribution in [-0.2, 0) is 7.05 Å². The number of hydrogen-bond donors (Lipinski definition) is 0. The van der Waals surface area contributed by atoms with Crippen LogP contribution in [-0.4, -0.2) is 29.6 Å². The van der Waals surface area contributed by atoms with Gasteiger partial charge in [-0.3, -0.25) is 0 Å². The molecule has 18 heavy (non-hydrogen) atoms. The Morgan fingerprint density at radius 1 is 1.11 bits per heavy atom. The Balaban J connectivity index is 1.99. The third kappa shape index (κ3) is 2.10. The molecule has 2 aromatic rings. The number of benzene rings is 1. The summed E-state index contributed by atoms with van der Waals surface area (Å²) in [7, 11) is 4.41. The van der Waals surface area contributed by atoms with Gasteiger partial charge in [-0.05, 0) is 56.6 Å². The van der Waals surface area contributed by atoms with Gasteiger partial charge in [0.05, 0.1) is 0 Å². The molecule has 0 radical (unpaired) electrons. The summed E-state index contributed by atoms with van der Waals surface area (Å²) >= 11 is 3.56. The van der Waals surface area contributed by atoms with Gasteiger partial charge >= 0.3 is 0 Å². The lowest BCUT2D eigenvalue weighted by Gasteiger charge is -2.29. The fraction of sp³-hybridized carbons (Fsp3) is 0.467. The van der Waals surface area contributed by atoms with Crippen LogP contribution < -0.4 is 0 Å². The highest BCUT2D eigenvalue weighted by Gasteiger charge is 2.21. The number of likely N-dealkylation sites (tertiary alicyclic amines) is 1. The number of nitrogens with zero attached hydrogens (tertiary/aromatic N) is 2. The van der Waals surface area contributed by atoms with Crippen LogP contribution in [0.3, 0.4) is 0 Å². The van der Waals surface area contributed by atoms with E-state index in [0.29, 0.717) is 0 Å². The minimum atomic E-state index is 0.720. The Morgan fingerprint density at radius 3 is 2.56 bits per heavy atom. The smallest absolute Gasteiger partial charge is 0.0491 e. The predicted molar refractivity (Wildman–Crippen MR) is 80.1 cm³/mol. The molecule has 1 aliphatic heterocycles. The molecular weight excluding hydrogens is 288 g/mol. The zero-order valence-corrected chi connectivity index (χ0v) is 12.6. The normalized spacial score (nSPS) is 18.6. The van der Waals surface area contributed by atoms with Crippen molar-refractivity contribution < 1.29 is 0 Å². The van der Waals surface area contributed by atoms with E-state index in [-0.39, 0.29) is 0 Å². The van der Waals surface area contributed by atoms with Crippen LogP contribution in [0.1, 0.15) is 24.5 Å². The van der Waals surface area contributed by atoms with Crippen molar-refractivity contribution in [3.63, 3.8) is 0 Å². The van der Waals surface area contributed by atoms with Crippen LogP contribution in [0.5, 0.6) is 0 Å². The van der Waals surface area contributed by atoms with Crippen LogP contribution in [0.15, 0.2) is 28.7 Å². The fourth-order valence-corrected chi connectivity index (χ4v) is 3.37. The summed E-state index contributed by atoms with van der Waals surface area (Å²) in [6, 6.07) is 8.92. The molecule has 1 aliphatic rings. The molecular formula is C15H19BrN2. The highest BCUT2D eigenvalue weighted by molar-refractivity contribution is 9.10. The summed E-state index contributed by atoms with van der Waals surface area (Å²) in [5.41, 5.74) is 2.83. The number of aromatic nitrogens is 1. The van der Waals surface area contributed by atoms with Crippen molar-refractivity contribution in [1.29, 1.82) is 0 Å². The summed E-state index contributed by atoms with van der Waals surface area (Å²) in [4.78, 5) is 2.43. The number of hydrogen-bond acceptors (Lipinski definition) is 1. The molecule has 3 rings (SSSR count). The zero-order valence-electron chi connectivity index (χ0n) is 11.0. The first kappa shape index (κ1) is 12.2. The molecule has 1 aromatic heterocycles. The van der Waals surface area contributed by atoms with Crippen molar-refractivity contribution in [3.05, 3.63) is 34.4 Å². The molecule has 0 N–H and O–H groups in total. The quantitative estimate of drug-likeness (QED) is 0.779. The standard InChI is InChI=1S/C15H19BrN2/c1-17-7-5-11(6-8-17)14-9-12-3-4-13(16)10-15(12)18(14)2/h3-4,9-11H,5-8H2,1-2H3. The molecule has 0 saturated carbocycles. The van der Waals surface area contributed by atoms with Crippen molar-refractivity contribution >= 4 is 26.8 Å². The minimum absolute atomic E-state index is 0.720. The van der Waals surface area contributed by atoms with Crippen LogP contribution in [0.4, 0.5) is 0 Å². The van der Waals surface area contributed by atoms with Crippen molar-refractivity contribution in [2.24, 2.45) is 7.05 Å². The van der Waals surface area contributed by atoms with Gasteiger partial charge in [0.15, 0.2) is 0 Å². The Labute approximate surface area is 117 Å². The maximum atomic E-state index is 3.56. The predicted octanol–water partition coefficient (Wildman–Crippen LogP) is 3.75.